The lowest BCUT2D eigenvalue weighted by Crippen LogP contribution is -2.01. The number of rotatable bonds is 4. The number of carboxylic acids is 1. The molecule has 0 unspecified atom stereocenters. The zero-order valence-electron chi connectivity index (χ0n) is 10.7. The highest BCUT2D eigenvalue weighted by molar-refractivity contribution is 9.11. The first-order chi connectivity index (χ1) is 9.92. The predicted molar refractivity (Wildman–Crippen MR) is 81.8 cm³/mol. The summed E-state index contributed by atoms with van der Waals surface area (Å²) < 4.78 is 25.0. The number of carbonyl (C=O) groups is 1. The predicted octanol–water partition coefficient (Wildman–Crippen LogP) is 4.85. The Kier molecular flexibility index (Phi) is 4.84. The van der Waals surface area contributed by atoms with Crippen LogP contribution < -0.4 is 9.47 Å². The Bertz CT molecular complexity index is 704. The van der Waals surface area contributed by atoms with Crippen LogP contribution in [0.5, 0.6) is 17.2 Å². The van der Waals surface area contributed by atoms with Gasteiger partial charge in [-0.2, -0.15) is 0 Å². The minimum absolute atomic E-state index is 0.0432. The highest BCUT2D eigenvalue weighted by Crippen LogP contribution is 2.38. The van der Waals surface area contributed by atoms with E-state index < -0.39 is 11.8 Å². The third-order valence-corrected chi connectivity index (χ3v) is 3.84. The number of halogens is 3. The molecular weight excluding hydrogens is 411 g/mol. The molecule has 0 radical (unpaired) electrons. The molecule has 0 amide bonds. The zero-order valence-corrected chi connectivity index (χ0v) is 13.9. The Morgan fingerprint density at radius 2 is 1.71 bits per heavy atom. The summed E-state index contributed by atoms with van der Waals surface area (Å²) in [4.78, 5) is 11.1. The quantitative estimate of drug-likeness (QED) is 0.769. The van der Waals surface area contributed by atoms with Gasteiger partial charge in [-0.3, -0.25) is 0 Å². The Balaban J connectivity index is 2.43. The summed E-state index contributed by atoms with van der Waals surface area (Å²) in [5.74, 6) is -0.909. The fourth-order valence-electron chi connectivity index (χ4n) is 1.62. The van der Waals surface area contributed by atoms with Gasteiger partial charge in [0.05, 0.1) is 16.1 Å². The summed E-state index contributed by atoms with van der Waals surface area (Å²) in [6, 6.07) is 6.60. The van der Waals surface area contributed by atoms with Gasteiger partial charge in [0, 0.05) is 0 Å². The van der Waals surface area contributed by atoms with Crippen molar-refractivity contribution in [3.8, 4) is 17.2 Å². The summed E-state index contributed by atoms with van der Waals surface area (Å²) in [5.41, 5.74) is -0.256. The number of methoxy groups -OCH3 is 1. The van der Waals surface area contributed by atoms with Gasteiger partial charge in [-0.05, 0) is 62.2 Å². The van der Waals surface area contributed by atoms with Crippen molar-refractivity contribution in [1.82, 2.24) is 0 Å². The minimum Gasteiger partial charge on any atom is -0.496 e. The third kappa shape index (κ3) is 3.54. The van der Waals surface area contributed by atoms with Crippen LogP contribution in [0.4, 0.5) is 4.39 Å². The largest absolute Gasteiger partial charge is 0.496 e. The molecule has 0 aliphatic carbocycles. The van der Waals surface area contributed by atoms with E-state index in [-0.39, 0.29) is 11.3 Å². The van der Waals surface area contributed by atoms with E-state index in [9.17, 15) is 9.18 Å². The van der Waals surface area contributed by atoms with Gasteiger partial charge in [-0.15, -0.1) is 0 Å². The second-order valence-corrected chi connectivity index (χ2v) is 5.67. The van der Waals surface area contributed by atoms with Crippen LogP contribution in [0, 0.1) is 5.82 Å². The Hall–Kier alpha value is -1.60. The Morgan fingerprint density at radius 3 is 2.33 bits per heavy atom. The van der Waals surface area contributed by atoms with Gasteiger partial charge in [0.15, 0.2) is 0 Å². The fraction of sp³-hybridized carbons (Fsp3) is 0.0714. The zero-order chi connectivity index (χ0) is 15.6. The van der Waals surface area contributed by atoms with Crippen molar-refractivity contribution in [2.45, 2.75) is 0 Å². The highest BCUT2D eigenvalue weighted by Gasteiger charge is 2.16. The molecule has 21 heavy (non-hydrogen) atoms. The maximum absolute atomic E-state index is 13.1. The number of ether oxygens (including phenoxy) is 2. The van der Waals surface area contributed by atoms with Crippen molar-refractivity contribution in [2.75, 3.05) is 7.11 Å². The van der Waals surface area contributed by atoms with E-state index in [1.165, 1.54) is 13.2 Å². The van der Waals surface area contributed by atoms with E-state index in [1.54, 1.807) is 12.1 Å². The Labute approximate surface area is 136 Å². The summed E-state index contributed by atoms with van der Waals surface area (Å²) in [7, 11) is 1.52. The van der Waals surface area contributed by atoms with Gasteiger partial charge >= 0.3 is 5.97 Å². The summed E-state index contributed by atoms with van der Waals surface area (Å²) in [5, 5.41) is 9.09. The van der Waals surface area contributed by atoms with Crippen LogP contribution in [0.3, 0.4) is 0 Å². The normalized spacial score (nSPS) is 10.3. The van der Waals surface area contributed by atoms with Gasteiger partial charge in [0.2, 0.25) is 0 Å². The van der Waals surface area contributed by atoms with Crippen LogP contribution in [0.1, 0.15) is 10.4 Å². The van der Waals surface area contributed by atoms with E-state index >= 15 is 0 Å². The number of benzene rings is 2. The van der Waals surface area contributed by atoms with Crippen LogP contribution in [0.25, 0.3) is 0 Å². The molecule has 0 saturated carbocycles. The number of carboxylic acid groups (broad SMARTS) is 1. The monoisotopic (exact) mass is 418 g/mol. The lowest BCUT2D eigenvalue weighted by atomic mass is 10.2. The summed E-state index contributed by atoms with van der Waals surface area (Å²) in [6.45, 7) is 0. The minimum atomic E-state index is -1.27. The van der Waals surface area contributed by atoms with Crippen LogP contribution in [-0.4, -0.2) is 18.2 Å². The second-order valence-electron chi connectivity index (χ2n) is 3.96. The fourth-order valence-corrected chi connectivity index (χ4v) is 2.51. The molecule has 0 bridgehead atoms. The van der Waals surface area contributed by atoms with Crippen LogP contribution >= 0.6 is 31.9 Å². The molecule has 4 nitrogen and oxygen atoms in total. The first-order valence-electron chi connectivity index (χ1n) is 5.66. The molecule has 0 heterocycles. The van der Waals surface area contributed by atoms with E-state index in [1.807, 2.05) is 0 Å². The van der Waals surface area contributed by atoms with E-state index in [0.29, 0.717) is 20.4 Å². The molecule has 0 atom stereocenters. The van der Waals surface area contributed by atoms with Crippen molar-refractivity contribution < 1.29 is 23.8 Å². The molecule has 1 N–H and O–H groups in total. The lowest BCUT2D eigenvalue weighted by Gasteiger charge is -2.12. The number of hydrogen-bond donors (Lipinski definition) is 1. The molecule has 2 aromatic carbocycles. The van der Waals surface area contributed by atoms with Crippen molar-refractivity contribution in [3.05, 3.63) is 50.7 Å². The third-order valence-electron chi connectivity index (χ3n) is 2.60. The average molecular weight is 420 g/mol. The molecule has 0 saturated heterocycles. The van der Waals surface area contributed by atoms with Gasteiger partial charge in [0.1, 0.15) is 28.6 Å². The second kappa shape index (κ2) is 6.44. The van der Waals surface area contributed by atoms with Gasteiger partial charge in [0.25, 0.3) is 0 Å². The van der Waals surface area contributed by atoms with Crippen molar-refractivity contribution in [1.29, 1.82) is 0 Å². The smallest absolute Gasteiger partial charge is 0.339 e. The molecule has 7 heteroatoms. The van der Waals surface area contributed by atoms with Crippen LogP contribution in [0.2, 0.25) is 0 Å². The SMILES string of the molecule is COc1cc(Br)c(Oc2ccc(F)cc2C(=O)O)cc1Br. The molecule has 0 aromatic heterocycles. The van der Waals surface area contributed by atoms with Crippen molar-refractivity contribution >= 4 is 37.8 Å². The first kappa shape index (κ1) is 15.8. The summed E-state index contributed by atoms with van der Waals surface area (Å²) in [6.07, 6.45) is 0. The highest BCUT2D eigenvalue weighted by atomic mass is 79.9. The standard InChI is InChI=1S/C14H9Br2FO4/c1-20-12-5-10(16)13(6-9(12)15)21-11-3-2-7(17)4-8(11)14(18)19/h2-6H,1H3,(H,18,19). The first-order valence-corrected chi connectivity index (χ1v) is 7.24. The molecule has 0 aliphatic rings. The molecule has 2 rings (SSSR count). The molecule has 110 valence electrons. The van der Waals surface area contributed by atoms with Crippen LogP contribution in [0.15, 0.2) is 39.3 Å². The number of hydrogen-bond acceptors (Lipinski definition) is 3. The average Bonchev–Trinajstić information content (AvgIpc) is 2.44. The summed E-state index contributed by atoms with van der Waals surface area (Å²) >= 11 is 6.62. The molecular formula is C14H9Br2FO4. The van der Waals surface area contributed by atoms with Gasteiger partial charge in [-0.1, -0.05) is 0 Å². The van der Waals surface area contributed by atoms with Crippen molar-refractivity contribution in [2.24, 2.45) is 0 Å². The van der Waals surface area contributed by atoms with Gasteiger partial charge < -0.3 is 14.6 Å². The molecule has 0 aliphatic heterocycles. The number of aromatic carboxylic acids is 1. The van der Waals surface area contributed by atoms with E-state index in [2.05, 4.69) is 31.9 Å². The topological polar surface area (TPSA) is 55.8 Å². The van der Waals surface area contributed by atoms with E-state index in [0.717, 1.165) is 12.1 Å². The maximum Gasteiger partial charge on any atom is 0.339 e. The molecule has 2 aromatic rings. The molecule has 0 spiro atoms. The van der Waals surface area contributed by atoms with Crippen LogP contribution in [-0.2, 0) is 0 Å². The molecule has 0 fully saturated rings. The Morgan fingerprint density at radius 1 is 1.10 bits per heavy atom. The lowest BCUT2D eigenvalue weighted by molar-refractivity contribution is 0.0693. The van der Waals surface area contributed by atoms with Crippen molar-refractivity contribution in [3.63, 3.8) is 0 Å². The van der Waals surface area contributed by atoms with Gasteiger partial charge in [-0.25, -0.2) is 9.18 Å². The van der Waals surface area contributed by atoms with E-state index in [4.69, 9.17) is 14.6 Å². The maximum atomic E-state index is 13.1.